The van der Waals surface area contributed by atoms with Gasteiger partial charge < -0.3 is 9.47 Å². The number of anilines is 1. The van der Waals surface area contributed by atoms with Gasteiger partial charge in [-0.2, -0.15) is 4.39 Å². The average Bonchev–Trinajstić information content (AvgIpc) is 3.13. The number of hydrogen-bond acceptors (Lipinski definition) is 5. The highest BCUT2D eigenvalue weighted by atomic mass is 35.5. The molecule has 0 bridgehead atoms. The van der Waals surface area contributed by atoms with Gasteiger partial charge >= 0.3 is 0 Å². The molecule has 5 nitrogen and oxygen atoms in total. The summed E-state index contributed by atoms with van der Waals surface area (Å²) < 4.78 is 52.2. The molecule has 0 aliphatic carbocycles. The minimum atomic E-state index is -1.82. The Hall–Kier alpha value is -2.23. The molecule has 28 heavy (non-hydrogen) atoms. The quantitative estimate of drug-likeness (QED) is 0.524. The van der Waals surface area contributed by atoms with E-state index in [9.17, 15) is 13.0 Å². The molecule has 1 heterocycles. The van der Waals surface area contributed by atoms with Gasteiger partial charge in [0.2, 0.25) is 5.13 Å². The van der Waals surface area contributed by atoms with Gasteiger partial charge in [-0.15, -0.1) is 0 Å². The Morgan fingerprint density at radius 3 is 2.57 bits per heavy atom. The van der Waals surface area contributed by atoms with E-state index in [4.69, 9.17) is 21.1 Å². The van der Waals surface area contributed by atoms with E-state index < -0.39 is 21.9 Å². The third-order valence-electron chi connectivity index (χ3n) is 3.78. The van der Waals surface area contributed by atoms with Crippen LogP contribution in [-0.4, -0.2) is 23.4 Å². The number of hydrogen-bond donors (Lipinski definition) is 0. The first kappa shape index (κ1) is 20.5. The summed E-state index contributed by atoms with van der Waals surface area (Å²) in [7, 11) is 1.22. The molecule has 0 amide bonds. The molecule has 0 radical (unpaired) electrons. The van der Waals surface area contributed by atoms with E-state index in [-0.39, 0.29) is 21.6 Å². The lowest BCUT2D eigenvalue weighted by atomic mass is 10.2. The van der Waals surface area contributed by atoms with Gasteiger partial charge in [-0.05, 0) is 30.3 Å². The van der Waals surface area contributed by atoms with Crippen molar-refractivity contribution >= 4 is 39.1 Å². The summed E-state index contributed by atoms with van der Waals surface area (Å²) in [5.74, 6) is 0.487. The SMILES string of the molecule is COc1ccc(CN(c2ncc(F)s2)S(=O)c2ccc(F)c(Cl)c2)c(OC)c1. The molecule has 3 aromatic rings. The zero-order valence-corrected chi connectivity index (χ0v) is 17.2. The fourth-order valence-corrected chi connectivity index (χ4v) is 4.62. The van der Waals surface area contributed by atoms with Crippen LogP contribution < -0.4 is 13.8 Å². The first-order valence-corrected chi connectivity index (χ1v) is 10.2. The van der Waals surface area contributed by atoms with E-state index in [1.54, 1.807) is 18.2 Å². The molecule has 0 aliphatic rings. The lowest BCUT2D eigenvalue weighted by Gasteiger charge is -2.22. The van der Waals surface area contributed by atoms with Crippen molar-refractivity contribution in [3.8, 4) is 11.5 Å². The molecule has 10 heteroatoms. The van der Waals surface area contributed by atoms with Gasteiger partial charge in [0.25, 0.3) is 0 Å². The third kappa shape index (κ3) is 4.43. The van der Waals surface area contributed by atoms with Crippen molar-refractivity contribution in [2.75, 3.05) is 18.5 Å². The van der Waals surface area contributed by atoms with Crippen molar-refractivity contribution in [3.05, 3.63) is 64.1 Å². The minimum Gasteiger partial charge on any atom is -0.497 e. The number of thiazole rings is 1. The molecule has 3 rings (SSSR count). The van der Waals surface area contributed by atoms with Crippen LogP contribution in [0.25, 0.3) is 0 Å². The third-order valence-corrected chi connectivity index (χ3v) is 6.35. The molecule has 0 saturated carbocycles. The lowest BCUT2D eigenvalue weighted by molar-refractivity contribution is 0.391. The molecule has 1 unspecified atom stereocenters. The zero-order chi connectivity index (χ0) is 20.3. The van der Waals surface area contributed by atoms with E-state index >= 15 is 0 Å². The standard InChI is InChI=1S/C18H15ClF2N2O3S2/c1-25-12-4-3-11(16(7-12)26-2)10-23(18-22-9-17(21)27-18)28(24)13-5-6-15(20)14(19)8-13/h3-9H,10H2,1-2H3. The largest absolute Gasteiger partial charge is 0.497 e. The van der Waals surface area contributed by atoms with Crippen molar-refractivity contribution in [2.24, 2.45) is 0 Å². The second-order valence-electron chi connectivity index (χ2n) is 5.49. The molecule has 0 N–H and O–H groups in total. The number of halogens is 3. The zero-order valence-electron chi connectivity index (χ0n) is 14.8. The van der Waals surface area contributed by atoms with Crippen LogP contribution in [0.15, 0.2) is 47.5 Å². The summed E-state index contributed by atoms with van der Waals surface area (Å²) in [6, 6.07) is 8.94. The number of methoxy groups -OCH3 is 2. The van der Waals surface area contributed by atoms with Gasteiger partial charge in [-0.3, -0.25) is 4.31 Å². The van der Waals surface area contributed by atoms with Crippen LogP contribution in [0.5, 0.6) is 11.5 Å². The predicted octanol–water partition coefficient (Wildman–Crippen LogP) is 4.82. The number of aromatic nitrogens is 1. The highest BCUT2D eigenvalue weighted by Gasteiger charge is 2.23. The Balaban J connectivity index is 2.00. The summed E-state index contributed by atoms with van der Waals surface area (Å²) in [5, 5.41) is -0.469. The van der Waals surface area contributed by atoms with E-state index in [1.165, 1.54) is 30.7 Å². The highest BCUT2D eigenvalue weighted by Crippen LogP contribution is 2.32. The van der Waals surface area contributed by atoms with Crippen LogP contribution in [0.2, 0.25) is 5.02 Å². The summed E-state index contributed by atoms with van der Waals surface area (Å²) in [6.07, 6.45) is 1.05. The number of nitrogens with zero attached hydrogens (tertiary/aromatic N) is 2. The van der Waals surface area contributed by atoms with Crippen molar-refractivity contribution in [3.63, 3.8) is 0 Å². The molecule has 0 saturated heterocycles. The highest BCUT2D eigenvalue weighted by molar-refractivity contribution is 7.86. The Labute approximate surface area is 172 Å². The van der Waals surface area contributed by atoms with Crippen molar-refractivity contribution in [1.29, 1.82) is 0 Å². The Bertz CT molecular complexity index is 1020. The molecule has 0 fully saturated rings. The Kier molecular flexibility index (Phi) is 6.48. The summed E-state index contributed by atoms with van der Waals surface area (Å²) in [6.45, 7) is 0.0989. The minimum absolute atomic E-state index is 0.0989. The predicted molar refractivity (Wildman–Crippen MR) is 106 cm³/mol. The monoisotopic (exact) mass is 444 g/mol. The second-order valence-corrected chi connectivity index (χ2v) is 8.26. The van der Waals surface area contributed by atoms with E-state index in [0.29, 0.717) is 17.1 Å². The molecule has 0 spiro atoms. The first-order valence-electron chi connectivity index (χ1n) is 7.89. The van der Waals surface area contributed by atoms with Gasteiger partial charge in [0.15, 0.2) is 16.1 Å². The summed E-state index contributed by atoms with van der Waals surface area (Å²) in [5.41, 5.74) is 0.681. The number of ether oxygens (including phenoxy) is 2. The lowest BCUT2D eigenvalue weighted by Crippen LogP contribution is -2.25. The van der Waals surface area contributed by atoms with Crippen LogP contribution in [0, 0.1) is 10.9 Å². The van der Waals surface area contributed by atoms with E-state index in [2.05, 4.69) is 4.98 Å². The van der Waals surface area contributed by atoms with Crippen molar-refractivity contribution in [1.82, 2.24) is 4.98 Å². The van der Waals surface area contributed by atoms with Crippen LogP contribution in [0.3, 0.4) is 0 Å². The smallest absolute Gasteiger partial charge is 0.200 e. The molecular formula is C18H15ClF2N2O3S2. The van der Waals surface area contributed by atoms with Crippen molar-refractivity contribution in [2.45, 2.75) is 11.4 Å². The van der Waals surface area contributed by atoms with Gasteiger partial charge in [-0.1, -0.05) is 22.9 Å². The van der Waals surface area contributed by atoms with Gasteiger partial charge in [-0.25, -0.2) is 13.6 Å². The Morgan fingerprint density at radius 2 is 1.96 bits per heavy atom. The van der Waals surface area contributed by atoms with E-state index in [0.717, 1.165) is 23.6 Å². The molecule has 1 aromatic heterocycles. The van der Waals surface area contributed by atoms with Gasteiger partial charge in [0, 0.05) is 11.6 Å². The molecule has 1 atom stereocenters. The maximum Gasteiger partial charge on any atom is 0.200 e. The topological polar surface area (TPSA) is 51.7 Å². The maximum atomic E-state index is 13.6. The second kappa shape index (κ2) is 8.85. The van der Waals surface area contributed by atoms with Crippen LogP contribution in [0.1, 0.15) is 5.56 Å². The Morgan fingerprint density at radius 1 is 1.18 bits per heavy atom. The normalized spacial score (nSPS) is 11.9. The van der Waals surface area contributed by atoms with E-state index in [1.807, 2.05) is 0 Å². The first-order chi connectivity index (χ1) is 13.4. The van der Waals surface area contributed by atoms with Crippen molar-refractivity contribution < 1.29 is 22.5 Å². The fraction of sp³-hybridized carbons (Fsp3) is 0.167. The summed E-state index contributed by atoms with van der Waals surface area (Å²) >= 11 is 6.57. The van der Waals surface area contributed by atoms with Gasteiger partial charge in [0.05, 0.1) is 36.9 Å². The number of benzene rings is 2. The van der Waals surface area contributed by atoms with Gasteiger partial charge in [0.1, 0.15) is 17.3 Å². The fourth-order valence-electron chi connectivity index (χ4n) is 2.41. The molecular weight excluding hydrogens is 430 g/mol. The van der Waals surface area contributed by atoms with Crippen LogP contribution >= 0.6 is 22.9 Å². The molecule has 0 aliphatic heterocycles. The molecule has 2 aromatic carbocycles. The average molecular weight is 445 g/mol. The summed E-state index contributed by atoms with van der Waals surface area (Å²) in [4.78, 5) is 4.25. The number of rotatable bonds is 7. The molecule has 148 valence electrons. The maximum absolute atomic E-state index is 13.6. The van der Waals surface area contributed by atoms with Crippen LogP contribution in [0.4, 0.5) is 13.9 Å². The van der Waals surface area contributed by atoms with Crippen LogP contribution in [-0.2, 0) is 17.5 Å².